The summed E-state index contributed by atoms with van der Waals surface area (Å²) in [5.41, 5.74) is 1.38. The molecule has 2 aromatic rings. The maximum absolute atomic E-state index is 12.8. The maximum atomic E-state index is 12.8. The Labute approximate surface area is 199 Å². The summed E-state index contributed by atoms with van der Waals surface area (Å²) >= 11 is 0. The van der Waals surface area contributed by atoms with Gasteiger partial charge in [-0.15, -0.1) is 0 Å². The van der Waals surface area contributed by atoms with Gasteiger partial charge in [0.25, 0.3) is 5.69 Å². The van der Waals surface area contributed by atoms with Crippen molar-refractivity contribution in [3.05, 3.63) is 52.1 Å². The molecule has 0 saturated carbocycles. The highest BCUT2D eigenvalue weighted by Crippen LogP contribution is 2.34. The van der Waals surface area contributed by atoms with Crippen LogP contribution in [0.5, 0.6) is 11.5 Å². The minimum atomic E-state index is -3.77. The highest BCUT2D eigenvalue weighted by Gasteiger charge is 2.29. The first-order chi connectivity index (χ1) is 16.3. The van der Waals surface area contributed by atoms with Crippen molar-refractivity contribution in [2.75, 3.05) is 57.4 Å². The molecule has 34 heavy (non-hydrogen) atoms. The molecule has 2 heterocycles. The van der Waals surface area contributed by atoms with Crippen molar-refractivity contribution in [1.29, 1.82) is 0 Å². The van der Waals surface area contributed by atoms with Gasteiger partial charge in [-0.05, 0) is 29.8 Å². The molecule has 0 radical (unpaired) electrons. The third-order valence-corrected chi connectivity index (χ3v) is 8.26. The van der Waals surface area contributed by atoms with E-state index in [0.717, 1.165) is 36.7 Å². The van der Waals surface area contributed by atoms with E-state index in [2.05, 4.69) is 4.90 Å². The summed E-state index contributed by atoms with van der Waals surface area (Å²) in [5, 5.41) is 11.8. The van der Waals surface area contributed by atoms with Crippen molar-refractivity contribution in [1.82, 2.24) is 9.21 Å². The number of nitro groups is 1. The van der Waals surface area contributed by atoms with Gasteiger partial charge in [0.15, 0.2) is 11.5 Å². The molecule has 0 N–H and O–H groups in total. The third-order valence-electron chi connectivity index (χ3n) is 6.21. The van der Waals surface area contributed by atoms with Crippen LogP contribution in [0.2, 0.25) is 0 Å². The largest absolute Gasteiger partial charge is 0.486 e. The molecule has 184 valence electrons. The molecular formula is C23H30N4O6S. The van der Waals surface area contributed by atoms with E-state index in [9.17, 15) is 18.5 Å². The van der Waals surface area contributed by atoms with E-state index >= 15 is 0 Å². The third kappa shape index (κ3) is 4.96. The van der Waals surface area contributed by atoms with Crippen LogP contribution in [0.1, 0.15) is 19.4 Å². The summed E-state index contributed by atoms with van der Waals surface area (Å²) < 4.78 is 38.2. The van der Waals surface area contributed by atoms with Crippen LogP contribution >= 0.6 is 0 Å². The molecule has 4 rings (SSSR count). The molecule has 2 aliphatic heterocycles. The van der Waals surface area contributed by atoms with E-state index in [1.807, 2.05) is 23.1 Å². The predicted molar refractivity (Wildman–Crippen MR) is 128 cm³/mol. The molecule has 2 aliphatic rings. The van der Waals surface area contributed by atoms with Crippen molar-refractivity contribution in [3.63, 3.8) is 0 Å². The Morgan fingerprint density at radius 2 is 1.65 bits per heavy atom. The van der Waals surface area contributed by atoms with Crippen LogP contribution in [-0.2, 0) is 16.6 Å². The number of anilines is 1. The van der Waals surface area contributed by atoms with Crippen molar-refractivity contribution in [2.45, 2.75) is 25.3 Å². The monoisotopic (exact) mass is 490 g/mol. The Bertz CT molecular complexity index is 1140. The summed E-state index contributed by atoms with van der Waals surface area (Å²) in [6.07, 6.45) is 0. The van der Waals surface area contributed by atoms with Crippen molar-refractivity contribution >= 4 is 21.4 Å². The molecule has 0 aliphatic carbocycles. The van der Waals surface area contributed by atoms with Crippen LogP contribution in [0, 0.1) is 10.1 Å². The standard InChI is InChI=1S/C23H30N4O6S/c1-3-26(4-2)34(30,31)19-6-7-20(21(16-19)27(28)29)25-11-9-24(10-12-25)17-18-5-8-22-23(15-18)33-14-13-32-22/h5-8,15-16H,3-4,9-14,17H2,1-2H3. The minimum absolute atomic E-state index is 0.0519. The summed E-state index contributed by atoms with van der Waals surface area (Å²) in [7, 11) is -3.77. The number of nitrogens with zero attached hydrogens (tertiary/aromatic N) is 4. The fourth-order valence-electron chi connectivity index (χ4n) is 4.38. The maximum Gasteiger partial charge on any atom is 0.293 e. The van der Waals surface area contributed by atoms with Crippen LogP contribution in [0.3, 0.4) is 0 Å². The lowest BCUT2D eigenvalue weighted by atomic mass is 10.1. The highest BCUT2D eigenvalue weighted by molar-refractivity contribution is 7.89. The number of sulfonamides is 1. The van der Waals surface area contributed by atoms with Gasteiger partial charge in [-0.1, -0.05) is 19.9 Å². The fourth-order valence-corrected chi connectivity index (χ4v) is 5.86. The zero-order chi connectivity index (χ0) is 24.3. The first-order valence-electron chi connectivity index (χ1n) is 11.5. The molecule has 0 atom stereocenters. The fraction of sp³-hybridized carbons (Fsp3) is 0.478. The van der Waals surface area contributed by atoms with Crippen LogP contribution < -0.4 is 14.4 Å². The first kappa shape index (κ1) is 24.2. The molecule has 0 amide bonds. The second-order valence-corrected chi connectivity index (χ2v) is 10.2. The highest BCUT2D eigenvalue weighted by atomic mass is 32.2. The molecular weight excluding hydrogens is 460 g/mol. The van der Waals surface area contributed by atoms with Crippen LogP contribution in [0.4, 0.5) is 11.4 Å². The van der Waals surface area contributed by atoms with Gasteiger partial charge in [0, 0.05) is 51.9 Å². The summed E-state index contributed by atoms with van der Waals surface area (Å²) in [6, 6.07) is 10.2. The van der Waals surface area contributed by atoms with E-state index < -0.39 is 14.9 Å². The van der Waals surface area contributed by atoms with E-state index in [4.69, 9.17) is 9.47 Å². The minimum Gasteiger partial charge on any atom is -0.486 e. The van der Waals surface area contributed by atoms with Crippen LogP contribution in [0.15, 0.2) is 41.3 Å². The Balaban J connectivity index is 1.46. The zero-order valence-corrected chi connectivity index (χ0v) is 20.3. The molecule has 1 fully saturated rings. The Morgan fingerprint density at radius 1 is 0.971 bits per heavy atom. The summed E-state index contributed by atoms with van der Waals surface area (Å²) in [6.45, 7) is 8.61. The smallest absolute Gasteiger partial charge is 0.293 e. The van der Waals surface area contributed by atoms with Gasteiger partial charge in [-0.2, -0.15) is 4.31 Å². The van der Waals surface area contributed by atoms with Crippen molar-refractivity contribution in [3.8, 4) is 11.5 Å². The Kier molecular flexibility index (Phi) is 7.24. The van der Waals surface area contributed by atoms with Gasteiger partial charge in [0.2, 0.25) is 10.0 Å². The number of hydrogen-bond acceptors (Lipinski definition) is 8. The number of ether oxygens (including phenoxy) is 2. The number of nitro benzene ring substituents is 1. The lowest BCUT2D eigenvalue weighted by Crippen LogP contribution is -2.46. The zero-order valence-electron chi connectivity index (χ0n) is 19.5. The van der Waals surface area contributed by atoms with Crippen molar-refractivity contribution in [2.24, 2.45) is 0 Å². The number of piperazine rings is 1. The lowest BCUT2D eigenvalue weighted by Gasteiger charge is -2.36. The molecule has 11 heteroatoms. The summed E-state index contributed by atoms with van der Waals surface area (Å²) in [4.78, 5) is 15.5. The molecule has 1 saturated heterocycles. The van der Waals surface area contributed by atoms with Gasteiger partial charge in [-0.3, -0.25) is 15.0 Å². The number of fused-ring (bicyclic) bond motifs is 1. The normalized spacial score (nSPS) is 16.6. The van der Waals surface area contributed by atoms with Crippen LogP contribution in [0.25, 0.3) is 0 Å². The van der Waals surface area contributed by atoms with Crippen LogP contribution in [-0.4, -0.2) is 75.0 Å². The average molecular weight is 491 g/mol. The van der Waals surface area contributed by atoms with Gasteiger partial charge in [0.1, 0.15) is 18.9 Å². The van der Waals surface area contributed by atoms with E-state index in [1.54, 1.807) is 19.9 Å². The lowest BCUT2D eigenvalue weighted by molar-refractivity contribution is -0.384. The van der Waals surface area contributed by atoms with E-state index in [-0.39, 0.29) is 10.6 Å². The molecule has 2 aromatic carbocycles. The average Bonchev–Trinajstić information content (AvgIpc) is 2.84. The second kappa shape index (κ2) is 10.2. The predicted octanol–water partition coefficient (Wildman–Crippen LogP) is 2.72. The molecule has 0 unspecified atom stereocenters. The van der Waals surface area contributed by atoms with Gasteiger partial charge in [0.05, 0.1) is 9.82 Å². The number of hydrogen-bond donors (Lipinski definition) is 0. The SMILES string of the molecule is CCN(CC)S(=O)(=O)c1ccc(N2CCN(Cc3ccc4c(c3)OCCO4)CC2)c([N+](=O)[O-])c1. The van der Waals surface area contributed by atoms with Gasteiger partial charge < -0.3 is 14.4 Å². The topological polar surface area (TPSA) is 105 Å². The molecule has 0 aromatic heterocycles. The quantitative estimate of drug-likeness (QED) is 0.411. The van der Waals surface area contributed by atoms with Gasteiger partial charge in [-0.25, -0.2) is 8.42 Å². The molecule has 0 spiro atoms. The van der Waals surface area contributed by atoms with E-state index in [1.165, 1.54) is 16.4 Å². The number of benzene rings is 2. The Hall–Kier alpha value is -2.89. The summed E-state index contributed by atoms with van der Waals surface area (Å²) in [5.74, 6) is 1.52. The van der Waals surface area contributed by atoms with Gasteiger partial charge >= 0.3 is 0 Å². The van der Waals surface area contributed by atoms with E-state index in [0.29, 0.717) is 45.1 Å². The first-order valence-corrected chi connectivity index (χ1v) is 12.9. The van der Waals surface area contributed by atoms with Crippen molar-refractivity contribution < 1.29 is 22.8 Å². The molecule has 10 nitrogen and oxygen atoms in total. The Morgan fingerprint density at radius 3 is 2.29 bits per heavy atom. The second-order valence-electron chi connectivity index (χ2n) is 8.24. The molecule has 0 bridgehead atoms. The number of rotatable bonds is 8.